The Balaban J connectivity index is 1.24. The third-order valence-electron chi connectivity index (χ3n) is 6.48. The van der Waals surface area contributed by atoms with Gasteiger partial charge >= 0.3 is 0 Å². The van der Waals surface area contributed by atoms with E-state index in [1.165, 1.54) is 5.69 Å². The van der Waals surface area contributed by atoms with Gasteiger partial charge in [0, 0.05) is 57.5 Å². The van der Waals surface area contributed by atoms with E-state index in [0.717, 1.165) is 37.4 Å². The Labute approximate surface area is 196 Å². The number of ether oxygens (including phenoxy) is 1. The molecule has 0 bridgehead atoms. The zero-order valence-electron chi connectivity index (χ0n) is 19.4. The minimum Gasteiger partial charge on any atom is -0.378 e. The van der Waals surface area contributed by atoms with Crippen LogP contribution in [0.4, 0.5) is 5.69 Å². The highest BCUT2D eigenvalue weighted by molar-refractivity contribution is 5.92. The number of hydrogen-bond donors (Lipinski definition) is 0. The van der Waals surface area contributed by atoms with Crippen LogP contribution in [-0.2, 0) is 20.9 Å². The van der Waals surface area contributed by atoms with Crippen LogP contribution in [-0.4, -0.2) is 68.1 Å². The van der Waals surface area contributed by atoms with Crippen molar-refractivity contribution in [3.8, 4) is 0 Å². The highest BCUT2D eigenvalue weighted by atomic mass is 16.5. The second-order valence-electron chi connectivity index (χ2n) is 8.80. The molecule has 4 rings (SSSR count). The van der Waals surface area contributed by atoms with E-state index in [1.807, 2.05) is 53.3 Å². The van der Waals surface area contributed by atoms with Gasteiger partial charge in [-0.1, -0.05) is 42.5 Å². The third kappa shape index (κ3) is 6.23. The fraction of sp³-hybridized carbons (Fsp3) is 0.407. The molecule has 6 nitrogen and oxygen atoms in total. The number of amides is 2. The minimum absolute atomic E-state index is 0.0125. The summed E-state index contributed by atoms with van der Waals surface area (Å²) in [7, 11) is 1.87. The summed E-state index contributed by atoms with van der Waals surface area (Å²) < 4.78 is 5.42. The first kappa shape index (κ1) is 23.1. The predicted octanol–water partition coefficient (Wildman–Crippen LogP) is 3.43. The van der Waals surface area contributed by atoms with Gasteiger partial charge in [-0.3, -0.25) is 9.59 Å². The fourth-order valence-corrected chi connectivity index (χ4v) is 4.48. The SMILES string of the molecule is CN(Cc1ccc(N2CCOCC2)cc1)C(=O)C1CCN(C(=O)C=Cc2ccccc2)CC1. The second kappa shape index (κ2) is 11.1. The van der Waals surface area contributed by atoms with Gasteiger partial charge in [-0.15, -0.1) is 0 Å². The van der Waals surface area contributed by atoms with Crippen molar-refractivity contribution in [3.05, 3.63) is 71.8 Å². The molecule has 2 fully saturated rings. The molecule has 2 aromatic rings. The quantitative estimate of drug-likeness (QED) is 0.637. The Kier molecular flexibility index (Phi) is 7.79. The highest BCUT2D eigenvalue weighted by Crippen LogP contribution is 2.22. The van der Waals surface area contributed by atoms with Crippen molar-refractivity contribution < 1.29 is 14.3 Å². The summed E-state index contributed by atoms with van der Waals surface area (Å²) in [6.45, 7) is 5.22. The molecule has 0 aromatic heterocycles. The maximum Gasteiger partial charge on any atom is 0.246 e. The van der Waals surface area contributed by atoms with Gasteiger partial charge < -0.3 is 19.4 Å². The van der Waals surface area contributed by atoms with E-state index in [0.29, 0.717) is 32.5 Å². The number of carbonyl (C=O) groups is 2. The van der Waals surface area contributed by atoms with Crippen molar-refractivity contribution in [3.63, 3.8) is 0 Å². The van der Waals surface area contributed by atoms with Crippen LogP contribution in [0, 0.1) is 5.92 Å². The summed E-state index contributed by atoms with van der Waals surface area (Å²) in [4.78, 5) is 31.5. The normalized spacial score (nSPS) is 17.4. The molecule has 2 aromatic carbocycles. The Bertz CT molecular complexity index is 944. The van der Waals surface area contributed by atoms with Crippen LogP contribution in [0.5, 0.6) is 0 Å². The van der Waals surface area contributed by atoms with Crippen molar-refractivity contribution in [2.75, 3.05) is 51.3 Å². The fourth-order valence-electron chi connectivity index (χ4n) is 4.48. The molecular formula is C27H33N3O3. The zero-order valence-corrected chi connectivity index (χ0v) is 19.4. The molecule has 33 heavy (non-hydrogen) atoms. The van der Waals surface area contributed by atoms with E-state index < -0.39 is 0 Å². The number of carbonyl (C=O) groups excluding carboxylic acids is 2. The summed E-state index contributed by atoms with van der Waals surface area (Å²) in [6.07, 6.45) is 4.90. The molecule has 2 amide bonds. The molecule has 2 aliphatic heterocycles. The molecule has 0 atom stereocenters. The monoisotopic (exact) mass is 447 g/mol. The molecule has 0 N–H and O–H groups in total. The minimum atomic E-state index is -0.0234. The lowest BCUT2D eigenvalue weighted by atomic mass is 9.95. The topological polar surface area (TPSA) is 53.1 Å². The number of likely N-dealkylation sites (tertiary alicyclic amines) is 1. The Morgan fingerprint density at radius 2 is 1.64 bits per heavy atom. The number of rotatable bonds is 6. The van der Waals surface area contributed by atoms with E-state index in [1.54, 1.807) is 6.08 Å². The number of nitrogens with zero attached hydrogens (tertiary/aromatic N) is 3. The summed E-state index contributed by atoms with van der Waals surface area (Å²) in [5, 5.41) is 0. The van der Waals surface area contributed by atoms with Crippen LogP contribution in [0.15, 0.2) is 60.7 Å². The van der Waals surface area contributed by atoms with Gasteiger partial charge in [-0.05, 0) is 42.2 Å². The lowest BCUT2D eigenvalue weighted by Gasteiger charge is -2.33. The average molecular weight is 448 g/mol. The van der Waals surface area contributed by atoms with E-state index in [-0.39, 0.29) is 17.7 Å². The van der Waals surface area contributed by atoms with Gasteiger partial charge in [0.25, 0.3) is 0 Å². The largest absolute Gasteiger partial charge is 0.378 e. The maximum atomic E-state index is 13.0. The molecule has 0 spiro atoms. The van der Waals surface area contributed by atoms with Crippen LogP contribution in [0.2, 0.25) is 0 Å². The number of piperidine rings is 1. The molecule has 174 valence electrons. The summed E-state index contributed by atoms with van der Waals surface area (Å²) >= 11 is 0. The van der Waals surface area contributed by atoms with E-state index >= 15 is 0 Å². The maximum absolute atomic E-state index is 13.0. The van der Waals surface area contributed by atoms with Crippen molar-refractivity contribution in [2.24, 2.45) is 5.92 Å². The standard InChI is InChI=1S/C27H33N3O3/c1-28(21-23-7-10-25(11-8-23)29-17-19-33-20-18-29)27(32)24-13-15-30(16-14-24)26(31)12-9-22-5-3-2-4-6-22/h2-12,24H,13-21H2,1H3. The number of anilines is 1. The first-order valence-corrected chi connectivity index (χ1v) is 11.8. The van der Waals surface area contributed by atoms with E-state index in [2.05, 4.69) is 29.2 Å². The molecule has 0 unspecified atom stereocenters. The first-order valence-electron chi connectivity index (χ1n) is 11.8. The van der Waals surface area contributed by atoms with Crippen LogP contribution < -0.4 is 4.90 Å². The van der Waals surface area contributed by atoms with E-state index in [4.69, 9.17) is 4.74 Å². The third-order valence-corrected chi connectivity index (χ3v) is 6.48. The molecule has 0 radical (unpaired) electrons. The van der Waals surface area contributed by atoms with Gasteiger partial charge in [0.1, 0.15) is 0 Å². The summed E-state index contributed by atoms with van der Waals surface area (Å²) in [6, 6.07) is 18.3. The number of hydrogen-bond acceptors (Lipinski definition) is 4. The Hall–Kier alpha value is -3.12. The predicted molar refractivity (Wildman–Crippen MR) is 131 cm³/mol. The summed E-state index contributed by atoms with van der Waals surface area (Å²) in [5.41, 5.74) is 3.34. The van der Waals surface area contributed by atoms with Crippen LogP contribution in [0.25, 0.3) is 6.08 Å². The van der Waals surface area contributed by atoms with Crippen molar-refractivity contribution in [2.45, 2.75) is 19.4 Å². The number of morpholine rings is 1. The molecular weight excluding hydrogens is 414 g/mol. The molecule has 0 saturated carbocycles. The van der Waals surface area contributed by atoms with Crippen LogP contribution in [0.1, 0.15) is 24.0 Å². The molecule has 0 aliphatic carbocycles. The highest BCUT2D eigenvalue weighted by Gasteiger charge is 2.28. The molecule has 2 aliphatic rings. The smallest absolute Gasteiger partial charge is 0.246 e. The van der Waals surface area contributed by atoms with Crippen LogP contribution >= 0.6 is 0 Å². The lowest BCUT2D eigenvalue weighted by Crippen LogP contribution is -2.42. The zero-order chi connectivity index (χ0) is 23.0. The van der Waals surface area contributed by atoms with Gasteiger partial charge in [0.15, 0.2) is 0 Å². The average Bonchev–Trinajstić information content (AvgIpc) is 2.88. The van der Waals surface area contributed by atoms with Crippen LogP contribution in [0.3, 0.4) is 0 Å². The van der Waals surface area contributed by atoms with Gasteiger partial charge in [-0.25, -0.2) is 0 Å². The molecule has 6 heteroatoms. The second-order valence-corrected chi connectivity index (χ2v) is 8.80. The number of benzene rings is 2. The summed E-state index contributed by atoms with van der Waals surface area (Å²) in [5.74, 6) is 0.155. The van der Waals surface area contributed by atoms with Crippen molar-refractivity contribution in [1.82, 2.24) is 9.80 Å². The van der Waals surface area contributed by atoms with Crippen molar-refractivity contribution in [1.29, 1.82) is 0 Å². The van der Waals surface area contributed by atoms with Gasteiger partial charge in [-0.2, -0.15) is 0 Å². The van der Waals surface area contributed by atoms with Gasteiger partial charge in [0.05, 0.1) is 13.2 Å². The first-order chi connectivity index (χ1) is 16.1. The lowest BCUT2D eigenvalue weighted by molar-refractivity contribution is -0.138. The Morgan fingerprint density at radius 3 is 2.30 bits per heavy atom. The molecule has 2 saturated heterocycles. The Morgan fingerprint density at radius 1 is 0.970 bits per heavy atom. The van der Waals surface area contributed by atoms with Gasteiger partial charge in [0.2, 0.25) is 11.8 Å². The molecule has 2 heterocycles. The van der Waals surface area contributed by atoms with E-state index in [9.17, 15) is 9.59 Å². The van der Waals surface area contributed by atoms with Crippen molar-refractivity contribution >= 4 is 23.6 Å².